The van der Waals surface area contributed by atoms with Crippen molar-refractivity contribution in [1.29, 1.82) is 0 Å². The van der Waals surface area contributed by atoms with Crippen molar-refractivity contribution in [3.63, 3.8) is 0 Å². The van der Waals surface area contributed by atoms with Gasteiger partial charge in [-0.1, -0.05) is 0 Å². The summed E-state index contributed by atoms with van der Waals surface area (Å²) in [5.74, 6) is 0. The summed E-state index contributed by atoms with van der Waals surface area (Å²) in [6.45, 7) is 5.24. The summed E-state index contributed by atoms with van der Waals surface area (Å²) >= 11 is 5.21. The lowest BCUT2D eigenvalue weighted by atomic mass is 10.5. The molecule has 0 spiro atoms. The van der Waals surface area contributed by atoms with Gasteiger partial charge in [0.25, 0.3) is 0 Å². The van der Waals surface area contributed by atoms with E-state index < -0.39 is 18.5 Å². The third kappa shape index (κ3) is 3.77. The van der Waals surface area contributed by atoms with Crippen LogP contribution in [0.4, 0.5) is 0 Å². The van der Waals surface area contributed by atoms with Gasteiger partial charge in [0, 0.05) is 0 Å². The lowest BCUT2D eigenvalue weighted by Gasteiger charge is -2.20. The van der Waals surface area contributed by atoms with Crippen molar-refractivity contribution < 1.29 is 18.4 Å². The van der Waals surface area contributed by atoms with Crippen LogP contribution in [0.1, 0.15) is 20.8 Å². The molecule has 0 amide bonds. The van der Waals surface area contributed by atoms with Gasteiger partial charge in [0.15, 0.2) is 0 Å². The number of carbonyl (C=O) groups is 1. The van der Waals surface area contributed by atoms with Crippen molar-refractivity contribution in [2.24, 2.45) is 0 Å². The van der Waals surface area contributed by atoms with Crippen LogP contribution < -0.4 is 0 Å². The highest BCUT2D eigenvalue weighted by atomic mass is 35.5. The Bertz CT molecular complexity index is 209. The van der Waals surface area contributed by atoms with E-state index in [1.165, 1.54) is 6.92 Å². The lowest BCUT2D eigenvalue weighted by molar-refractivity contribution is -0.111. The average molecular weight is 229 g/mol. The van der Waals surface area contributed by atoms with Gasteiger partial charge in [-0.05, 0) is 32.4 Å². The third-order valence-electron chi connectivity index (χ3n) is 1.42. The fourth-order valence-electron chi connectivity index (χ4n) is 0.745. The van der Waals surface area contributed by atoms with Crippen LogP contribution in [0, 0.1) is 0 Å². The Morgan fingerprint density at radius 3 is 2.00 bits per heavy atom. The predicted octanol–water partition coefficient (Wildman–Crippen LogP) is 2.41. The van der Waals surface area contributed by atoms with Gasteiger partial charge in [-0.25, -0.2) is 0 Å². The van der Waals surface area contributed by atoms with E-state index in [1.54, 1.807) is 13.8 Å². The van der Waals surface area contributed by atoms with Gasteiger partial charge in [-0.3, -0.25) is 9.36 Å². The Balaban J connectivity index is 4.57. The normalized spacial score (nSPS) is 14.2. The van der Waals surface area contributed by atoms with E-state index in [1.807, 2.05) is 0 Å². The maximum absolute atomic E-state index is 11.8. The molecule has 0 saturated carbocycles. The van der Waals surface area contributed by atoms with Gasteiger partial charge in [-0.2, -0.15) is 0 Å². The second-order valence-electron chi connectivity index (χ2n) is 2.36. The minimum Gasteiger partial charge on any atom is -0.308 e. The Labute approximate surface area is 83.1 Å². The maximum atomic E-state index is 11.8. The van der Waals surface area contributed by atoms with E-state index in [4.69, 9.17) is 20.6 Å². The predicted molar refractivity (Wildman–Crippen MR) is 51.2 cm³/mol. The standard InChI is InChI=1S/C7H14ClO4P/c1-4-11-13(10,12-5-2)6(3)7(8)9/h6H,4-5H2,1-3H3/t6-/m1/s1. The molecule has 1 atom stereocenters. The molecule has 0 radical (unpaired) electrons. The molecule has 0 aromatic heterocycles. The molecule has 0 aliphatic heterocycles. The first-order valence-corrected chi connectivity index (χ1v) is 6.05. The molecule has 13 heavy (non-hydrogen) atoms. The molecule has 4 nitrogen and oxygen atoms in total. The summed E-state index contributed by atoms with van der Waals surface area (Å²) in [4.78, 5) is 10.8. The molecule has 0 bridgehead atoms. The highest BCUT2D eigenvalue weighted by molar-refractivity contribution is 7.56. The van der Waals surface area contributed by atoms with Gasteiger partial charge < -0.3 is 9.05 Å². The van der Waals surface area contributed by atoms with E-state index in [0.717, 1.165) is 0 Å². The molecule has 6 heteroatoms. The summed E-state index contributed by atoms with van der Waals surface area (Å²) in [5.41, 5.74) is -0.908. The van der Waals surface area contributed by atoms with Gasteiger partial charge in [0.2, 0.25) is 5.24 Å². The van der Waals surface area contributed by atoms with Crippen LogP contribution in [-0.4, -0.2) is 24.1 Å². The van der Waals surface area contributed by atoms with Gasteiger partial charge in [0.05, 0.1) is 13.2 Å². The van der Waals surface area contributed by atoms with Crippen LogP contribution in [0.2, 0.25) is 0 Å². The van der Waals surface area contributed by atoms with E-state index in [9.17, 15) is 9.36 Å². The molecule has 0 unspecified atom stereocenters. The van der Waals surface area contributed by atoms with Crippen molar-refractivity contribution in [2.75, 3.05) is 13.2 Å². The fraction of sp³-hybridized carbons (Fsp3) is 0.857. The highest BCUT2D eigenvalue weighted by Crippen LogP contribution is 2.53. The van der Waals surface area contributed by atoms with Crippen LogP contribution in [0.15, 0.2) is 0 Å². The summed E-state index contributed by atoms with van der Waals surface area (Å²) in [6, 6.07) is 0. The van der Waals surface area contributed by atoms with E-state index in [2.05, 4.69) is 0 Å². The average Bonchev–Trinajstić information content (AvgIpc) is 2.03. The zero-order valence-electron chi connectivity index (χ0n) is 7.95. The zero-order chi connectivity index (χ0) is 10.5. The molecule has 0 aromatic rings. The zero-order valence-corrected chi connectivity index (χ0v) is 9.60. The minimum atomic E-state index is -3.35. The van der Waals surface area contributed by atoms with Gasteiger partial charge >= 0.3 is 7.60 Å². The van der Waals surface area contributed by atoms with Crippen molar-refractivity contribution in [1.82, 2.24) is 0 Å². The van der Waals surface area contributed by atoms with Crippen LogP contribution in [0.25, 0.3) is 0 Å². The van der Waals surface area contributed by atoms with E-state index in [-0.39, 0.29) is 13.2 Å². The molecule has 0 fully saturated rings. The minimum absolute atomic E-state index is 0.228. The molecule has 78 valence electrons. The first kappa shape index (κ1) is 13.1. The summed E-state index contributed by atoms with van der Waals surface area (Å²) in [7, 11) is -3.35. The molecule has 0 saturated heterocycles. The smallest absolute Gasteiger partial charge is 0.308 e. The van der Waals surface area contributed by atoms with Crippen LogP contribution >= 0.6 is 19.2 Å². The molecular formula is C7H14ClO4P. The third-order valence-corrected chi connectivity index (χ3v) is 4.32. The molecular weight excluding hydrogens is 214 g/mol. The number of rotatable bonds is 6. The SMILES string of the molecule is CCOP(=O)(OCC)[C@H](C)C(=O)Cl. The first-order valence-electron chi connectivity index (χ1n) is 4.06. The highest BCUT2D eigenvalue weighted by Gasteiger charge is 2.36. The Morgan fingerprint density at radius 2 is 1.77 bits per heavy atom. The first-order chi connectivity index (χ1) is 5.98. The van der Waals surface area contributed by atoms with E-state index >= 15 is 0 Å². The molecule has 0 rings (SSSR count). The second-order valence-corrected chi connectivity index (χ2v) is 5.10. The number of hydrogen-bond acceptors (Lipinski definition) is 4. The van der Waals surface area contributed by atoms with E-state index in [0.29, 0.717) is 0 Å². The van der Waals surface area contributed by atoms with Crippen LogP contribution in [-0.2, 0) is 18.4 Å². The number of hydrogen-bond donors (Lipinski definition) is 0. The molecule has 0 N–H and O–H groups in total. The monoisotopic (exact) mass is 228 g/mol. The molecule has 0 aromatic carbocycles. The van der Waals surface area contributed by atoms with Gasteiger partial charge in [0.1, 0.15) is 5.66 Å². The molecule has 0 aliphatic rings. The second kappa shape index (κ2) is 5.76. The topological polar surface area (TPSA) is 52.6 Å². The fourth-order valence-corrected chi connectivity index (χ4v) is 2.59. The Kier molecular flexibility index (Phi) is 5.81. The quantitative estimate of drug-likeness (QED) is 0.517. The van der Waals surface area contributed by atoms with Crippen molar-refractivity contribution >= 4 is 24.4 Å². The number of halogens is 1. The maximum Gasteiger partial charge on any atom is 0.342 e. The van der Waals surface area contributed by atoms with Crippen molar-refractivity contribution in [3.05, 3.63) is 0 Å². The molecule has 0 heterocycles. The van der Waals surface area contributed by atoms with Gasteiger partial charge in [-0.15, -0.1) is 0 Å². The van der Waals surface area contributed by atoms with Crippen LogP contribution in [0.3, 0.4) is 0 Å². The largest absolute Gasteiger partial charge is 0.342 e. The van der Waals surface area contributed by atoms with Crippen molar-refractivity contribution in [2.45, 2.75) is 26.4 Å². The molecule has 0 aliphatic carbocycles. The van der Waals surface area contributed by atoms with Crippen LogP contribution in [0.5, 0.6) is 0 Å². The summed E-state index contributed by atoms with van der Waals surface area (Å²) in [6.07, 6.45) is 0. The number of carbonyl (C=O) groups excluding carboxylic acids is 1. The van der Waals surface area contributed by atoms with Crippen molar-refractivity contribution in [3.8, 4) is 0 Å². The summed E-state index contributed by atoms with van der Waals surface area (Å²) in [5, 5.41) is -0.703. The summed E-state index contributed by atoms with van der Waals surface area (Å²) < 4.78 is 21.6. The Morgan fingerprint density at radius 1 is 1.38 bits per heavy atom. The lowest BCUT2D eigenvalue weighted by Crippen LogP contribution is -2.15. The Hall–Kier alpha value is 0.110.